The van der Waals surface area contributed by atoms with Gasteiger partial charge in [0.05, 0.1) is 12.7 Å². The molecule has 2 heteroatoms. The lowest BCUT2D eigenvalue weighted by Gasteiger charge is -1.78. The van der Waals surface area contributed by atoms with Crippen molar-refractivity contribution in [2.24, 2.45) is 0 Å². The summed E-state index contributed by atoms with van der Waals surface area (Å²) >= 11 is 0. The fraction of sp³-hybridized carbons (Fsp3) is 1.00. The Morgan fingerprint density at radius 1 is 1.57 bits per heavy atom. The smallest absolute Gasteiger partial charge is 0.107 e. The maximum atomic E-state index is 8.38. The number of ether oxygens (including phenoxy) is 1. The summed E-state index contributed by atoms with van der Waals surface area (Å²) in [7, 11) is 0. The van der Waals surface area contributed by atoms with Crippen molar-refractivity contribution in [1.82, 2.24) is 0 Å². The zero-order valence-electron chi connectivity index (χ0n) is 4.42. The van der Waals surface area contributed by atoms with Crippen LogP contribution in [-0.4, -0.2) is 23.9 Å². The average molecular weight is 102 g/mol. The summed E-state index contributed by atoms with van der Waals surface area (Å²) in [6, 6.07) is 0. The van der Waals surface area contributed by atoms with Crippen LogP contribution in [0, 0.1) is 0 Å². The Labute approximate surface area is 43.1 Å². The van der Waals surface area contributed by atoms with Crippen LogP contribution in [0.5, 0.6) is 0 Å². The predicted octanol–water partition coefficient (Wildman–Crippen LogP) is 0.156. The highest BCUT2D eigenvalue weighted by molar-refractivity contribution is 4.81. The van der Waals surface area contributed by atoms with Gasteiger partial charge in [-0.1, -0.05) is 6.92 Å². The first-order chi connectivity index (χ1) is 3.38. The fourth-order valence-corrected chi connectivity index (χ4v) is 0.699. The van der Waals surface area contributed by atoms with E-state index in [9.17, 15) is 0 Å². The predicted molar refractivity (Wildman–Crippen MR) is 26.0 cm³/mol. The minimum atomic E-state index is 0.171. The van der Waals surface area contributed by atoms with Crippen LogP contribution in [0.25, 0.3) is 0 Å². The normalized spacial score (nSPS) is 38.6. The van der Waals surface area contributed by atoms with E-state index in [-0.39, 0.29) is 12.7 Å². The molecule has 1 heterocycles. The first kappa shape index (κ1) is 5.06. The van der Waals surface area contributed by atoms with E-state index in [1.165, 1.54) is 0 Å². The number of rotatable bonds is 2. The van der Waals surface area contributed by atoms with E-state index < -0.39 is 0 Å². The van der Waals surface area contributed by atoms with Crippen LogP contribution < -0.4 is 0 Å². The molecule has 1 rings (SSSR count). The summed E-state index contributed by atoms with van der Waals surface area (Å²) in [6.45, 7) is 2.25. The lowest BCUT2D eigenvalue weighted by atomic mass is 10.3. The van der Waals surface area contributed by atoms with Gasteiger partial charge in [-0.3, -0.25) is 0 Å². The molecule has 0 amide bonds. The fourth-order valence-electron chi connectivity index (χ4n) is 0.699. The third kappa shape index (κ3) is 0.924. The molecule has 0 saturated carbocycles. The van der Waals surface area contributed by atoms with Crippen LogP contribution in [0.3, 0.4) is 0 Å². The van der Waals surface area contributed by atoms with Crippen LogP contribution in [0.15, 0.2) is 0 Å². The lowest BCUT2D eigenvalue weighted by Crippen LogP contribution is -1.96. The second kappa shape index (κ2) is 1.80. The second-order valence-electron chi connectivity index (χ2n) is 1.80. The van der Waals surface area contributed by atoms with Crippen molar-refractivity contribution in [3.63, 3.8) is 0 Å². The van der Waals surface area contributed by atoms with Crippen molar-refractivity contribution >= 4 is 0 Å². The molecule has 1 fully saturated rings. The van der Waals surface area contributed by atoms with Gasteiger partial charge in [-0.15, -0.1) is 0 Å². The molecule has 1 aliphatic heterocycles. The monoisotopic (exact) mass is 102 g/mol. The summed E-state index contributed by atoms with van der Waals surface area (Å²) in [6.07, 6.45) is 1.57. The summed E-state index contributed by atoms with van der Waals surface area (Å²) in [5.74, 6) is 0. The Balaban J connectivity index is 2.06. The standard InChI is InChI=1S/C5H10O2/c1-2-4-5(3-6)7-4/h4-6H,2-3H2,1H3/t4-,5-/m1/s1. The van der Waals surface area contributed by atoms with E-state index in [0.717, 1.165) is 6.42 Å². The highest BCUT2D eigenvalue weighted by atomic mass is 16.6. The van der Waals surface area contributed by atoms with Crippen molar-refractivity contribution in [3.8, 4) is 0 Å². The van der Waals surface area contributed by atoms with E-state index >= 15 is 0 Å². The zero-order valence-corrected chi connectivity index (χ0v) is 4.42. The molecule has 0 aromatic heterocycles. The van der Waals surface area contributed by atoms with Gasteiger partial charge in [-0.2, -0.15) is 0 Å². The molecule has 0 aromatic carbocycles. The molecule has 1 saturated heterocycles. The number of aliphatic hydroxyl groups is 1. The van der Waals surface area contributed by atoms with Gasteiger partial charge in [0.1, 0.15) is 6.10 Å². The Morgan fingerprint density at radius 3 is 2.43 bits per heavy atom. The highest BCUT2D eigenvalue weighted by Crippen LogP contribution is 2.23. The Kier molecular flexibility index (Phi) is 1.30. The topological polar surface area (TPSA) is 32.8 Å². The molecule has 1 N–H and O–H groups in total. The van der Waals surface area contributed by atoms with Crippen LogP contribution in [0.1, 0.15) is 13.3 Å². The molecule has 2 atom stereocenters. The first-order valence-corrected chi connectivity index (χ1v) is 2.64. The molecule has 0 aliphatic carbocycles. The third-order valence-electron chi connectivity index (χ3n) is 1.27. The Morgan fingerprint density at radius 2 is 2.29 bits per heavy atom. The van der Waals surface area contributed by atoms with Gasteiger partial charge in [-0.25, -0.2) is 0 Å². The van der Waals surface area contributed by atoms with Gasteiger partial charge in [0.25, 0.3) is 0 Å². The molecular weight excluding hydrogens is 92.1 g/mol. The third-order valence-corrected chi connectivity index (χ3v) is 1.27. The second-order valence-corrected chi connectivity index (χ2v) is 1.80. The molecule has 1 aliphatic rings. The molecule has 0 bridgehead atoms. The van der Waals surface area contributed by atoms with Crippen molar-refractivity contribution in [1.29, 1.82) is 0 Å². The minimum absolute atomic E-state index is 0.171. The number of epoxide rings is 1. The molecule has 0 spiro atoms. The van der Waals surface area contributed by atoms with E-state index in [1.807, 2.05) is 0 Å². The maximum Gasteiger partial charge on any atom is 0.107 e. The zero-order chi connectivity index (χ0) is 5.28. The summed E-state index contributed by atoms with van der Waals surface area (Å²) in [4.78, 5) is 0. The van der Waals surface area contributed by atoms with E-state index in [4.69, 9.17) is 9.84 Å². The quantitative estimate of drug-likeness (QED) is 0.503. The van der Waals surface area contributed by atoms with Gasteiger partial charge >= 0.3 is 0 Å². The van der Waals surface area contributed by atoms with E-state index in [1.54, 1.807) is 0 Å². The van der Waals surface area contributed by atoms with Gasteiger partial charge in [0, 0.05) is 0 Å². The Bertz CT molecular complexity index is 55.1. The van der Waals surface area contributed by atoms with Gasteiger partial charge in [0.15, 0.2) is 0 Å². The number of aliphatic hydroxyl groups excluding tert-OH is 1. The van der Waals surface area contributed by atoms with Crippen LogP contribution in [-0.2, 0) is 4.74 Å². The molecule has 0 aromatic rings. The summed E-state index contributed by atoms with van der Waals surface area (Å²) < 4.78 is 4.97. The summed E-state index contributed by atoms with van der Waals surface area (Å²) in [5.41, 5.74) is 0. The van der Waals surface area contributed by atoms with E-state index in [2.05, 4.69) is 6.92 Å². The molecule has 7 heavy (non-hydrogen) atoms. The van der Waals surface area contributed by atoms with Crippen molar-refractivity contribution in [3.05, 3.63) is 0 Å². The first-order valence-electron chi connectivity index (χ1n) is 2.64. The number of hydrogen-bond acceptors (Lipinski definition) is 2. The van der Waals surface area contributed by atoms with Crippen LogP contribution in [0.2, 0.25) is 0 Å². The maximum absolute atomic E-state index is 8.38. The summed E-state index contributed by atoms with van der Waals surface area (Å²) in [5, 5.41) is 8.38. The van der Waals surface area contributed by atoms with Crippen molar-refractivity contribution < 1.29 is 9.84 Å². The van der Waals surface area contributed by atoms with E-state index in [0.29, 0.717) is 6.10 Å². The van der Waals surface area contributed by atoms with Crippen molar-refractivity contribution in [2.45, 2.75) is 25.6 Å². The van der Waals surface area contributed by atoms with Gasteiger partial charge in [-0.05, 0) is 6.42 Å². The SMILES string of the molecule is CC[C@H]1O[C@@H]1CO. The molecule has 2 nitrogen and oxygen atoms in total. The molecular formula is C5H10O2. The van der Waals surface area contributed by atoms with Crippen LogP contribution in [0.4, 0.5) is 0 Å². The molecule has 0 unspecified atom stereocenters. The molecule has 42 valence electrons. The number of hydrogen-bond donors (Lipinski definition) is 1. The largest absolute Gasteiger partial charge is 0.394 e. The lowest BCUT2D eigenvalue weighted by molar-refractivity contribution is 0.242. The molecule has 0 radical (unpaired) electrons. The minimum Gasteiger partial charge on any atom is -0.394 e. The van der Waals surface area contributed by atoms with Crippen LogP contribution >= 0.6 is 0 Å². The van der Waals surface area contributed by atoms with Crippen molar-refractivity contribution in [2.75, 3.05) is 6.61 Å². The highest BCUT2D eigenvalue weighted by Gasteiger charge is 2.35. The van der Waals surface area contributed by atoms with Gasteiger partial charge in [0.2, 0.25) is 0 Å². The Hall–Kier alpha value is -0.0800. The van der Waals surface area contributed by atoms with Gasteiger partial charge < -0.3 is 9.84 Å². The average Bonchev–Trinajstić information content (AvgIpc) is 2.43.